The van der Waals surface area contributed by atoms with Gasteiger partial charge in [-0.1, -0.05) is 6.08 Å². The third-order valence-corrected chi connectivity index (χ3v) is 2.90. The predicted octanol–water partition coefficient (Wildman–Crippen LogP) is 1.45. The molecule has 6 heteroatoms. The van der Waals surface area contributed by atoms with Crippen LogP contribution in [0.3, 0.4) is 0 Å². The Morgan fingerprint density at radius 1 is 1.47 bits per heavy atom. The average Bonchev–Trinajstić information content (AvgIpc) is 2.27. The summed E-state index contributed by atoms with van der Waals surface area (Å²) < 4.78 is 37.0. The minimum Gasteiger partial charge on any atom is -0.353 e. The van der Waals surface area contributed by atoms with Crippen LogP contribution in [0.2, 0.25) is 0 Å². The normalized spacial score (nSPS) is 22.7. The first-order valence-electron chi connectivity index (χ1n) is 5.70. The lowest BCUT2D eigenvalue weighted by Gasteiger charge is -2.22. The fourth-order valence-electron chi connectivity index (χ4n) is 1.40. The van der Waals surface area contributed by atoms with Gasteiger partial charge in [0.25, 0.3) is 10.1 Å². The van der Waals surface area contributed by atoms with Gasteiger partial charge in [0.15, 0.2) is 6.29 Å². The topological polar surface area (TPSA) is 61.8 Å². The first-order chi connectivity index (χ1) is 7.97. The van der Waals surface area contributed by atoms with Gasteiger partial charge in [0.05, 0.1) is 19.5 Å². The molecule has 0 saturated carbocycles. The Bertz CT molecular complexity index is 341. The lowest BCUT2D eigenvalue weighted by molar-refractivity contribution is -0.155. The van der Waals surface area contributed by atoms with Crippen molar-refractivity contribution in [2.75, 3.05) is 26.1 Å². The Labute approximate surface area is 103 Å². The molecule has 0 aromatic rings. The molecule has 1 fully saturated rings. The van der Waals surface area contributed by atoms with Gasteiger partial charge >= 0.3 is 0 Å². The summed E-state index contributed by atoms with van der Waals surface area (Å²) in [6.45, 7) is 3.05. The van der Waals surface area contributed by atoms with E-state index in [0.717, 1.165) is 37.7 Å². The van der Waals surface area contributed by atoms with E-state index in [-0.39, 0.29) is 12.9 Å². The Morgan fingerprint density at radius 2 is 2.24 bits per heavy atom. The van der Waals surface area contributed by atoms with Crippen molar-refractivity contribution in [2.45, 2.75) is 32.5 Å². The second kappa shape index (κ2) is 7.10. The summed E-state index contributed by atoms with van der Waals surface area (Å²) in [5.74, 6) is 0. The van der Waals surface area contributed by atoms with Crippen molar-refractivity contribution in [3.8, 4) is 0 Å². The number of ether oxygens (including phenoxy) is 2. The molecule has 1 saturated heterocycles. The summed E-state index contributed by atoms with van der Waals surface area (Å²) in [6.07, 6.45) is 5.87. The number of rotatable bonds is 6. The minimum absolute atomic E-state index is 0.0771. The third-order valence-electron chi connectivity index (χ3n) is 2.35. The van der Waals surface area contributed by atoms with Crippen LogP contribution in [0.25, 0.3) is 0 Å². The van der Waals surface area contributed by atoms with Crippen molar-refractivity contribution in [3.05, 3.63) is 11.6 Å². The first kappa shape index (κ1) is 14.6. The molecule has 100 valence electrons. The molecular weight excluding hydrogens is 244 g/mol. The smallest absolute Gasteiger partial charge is 0.264 e. The zero-order valence-electron chi connectivity index (χ0n) is 10.3. The highest BCUT2D eigenvalue weighted by Crippen LogP contribution is 2.13. The Morgan fingerprint density at radius 3 is 2.82 bits per heavy atom. The minimum atomic E-state index is -3.37. The lowest BCUT2D eigenvalue weighted by Crippen LogP contribution is -2.22. The first-order valence-corrected chi connectivity index (χ1v) is 7.52. The van der Waals surface area contributed by atoms with Gasteiger partial charge in [-0.05, 0) is 31.8 Å². The molecule has 0 amide bonds. The van der Waals surface area contributed by atoms with Crippen LogP contribution in [0.15, 0.2) is 11.6 Å². The molecule has 17 heavy (non-hydrogen) atoms. The van der Waals surface area contributed by atoms with Crippen LogP contribution in [-0.4, -0.2) is 40.8 Å². The van der Waals surface area contributed by atoms with E-state index >= 15 is 0 Å². The van der Waals surface area contributed by atoms with Crippen LogP contribution in [-0.2, 0) is 23.8 Å². The molecule has 1 aliphatic rings. The van der Waals surface area contributed by atoms with Gasteiger partial charge in [0.1, 0.15) is 0 Å². The molecule has 0 aliphatic carbocycles. The second-order valence-corrected chi connectivity index (χ2v) is 5.79. The maximum atomic E-state index is 10.8. The average molecular weight is 264 g/mol. The van der Waals surface area contributed by atoms with Crippen molar-refractivity contribution in [1.82, 2.24) is 0 Å². The maximum absolute atomic E-state index is 10.8. The standard InChI is InChI=1S/C11H20O5S/c1-10(9-16-17(2,12)13)6-8-15-11-5-3-4-7-14-11/h6,11H,3-5,7-9H2,1-2H3/b10-6+. The van der Waals surface area contributed by atoms with Gasteiger partial charge in [-0.2, -0.15) is 8.42 Å². The molecule has 0 aromatic carbocycles. The summed E-state index contributed by atoms with van der Waals surface area (Å²) >= 11 is 0. The molecule has 0 radical (unpaired) electrons. The van der Waals surface area contributed by atoms with Crippen molar-refractivity contribution in [1.29, 1.82) is 0 Å². The highest BCUT2D eigenvalue weighted by molar-refractivity contribution is 7.85. The predicted molar refractivity (Wildman–Crippen MR) is 64.1 cm³/mol. The fourth-order valence-corrected chi connectivity index (χ4v) is 1.80. The number of hydrogen-bond acceptors (Lipinski definition) is 5. The largest absolute Gasteiger partial charge is 0.353 e. The molecule has 1 atom stereocenters. The van der Waals surface area contributed by atoms with Crippen LogP contribution in [0.5, 0.6) is 0 Å². The third kappa shape index (κ3) is 7.49. The van der Waals surface area contributed by atoms with Gasteiger partial charge in [-0.15, -0.1) is 0 Å². The lowest BCUT2D eigenvalue weighted by atomic mass is 10.2. The molecule has 1 heterocycles. The zero-order chi connectivity index (χ0) is 12.7. The highest BCUT2D eigenvalue weighted by atomic mass is 32.2. The molecule has 0 bridgehead atoms. The quantitative estimate of drug-likeness (QED) is 0.537. The van der Waals surface area contributed by atoms with Crippen LogP contribution in [0, 0.1) is 0 Å². The van der Waals surface area contributed by atoms with Crippen LogP contribution < -0.4 is 0 Å². The fraction of sp³-hybridized carbons (Fsp3) is 0.818. The van der Waals surface area contributed by atoms with Gasteiger partial charge in [-0.3, -0.25) is 4.18 Å². The summed E-state index contributed by atoms with van der Waals surface area (Å²) in [6, 6.07) is 0. The Kier molecular flexibility index (Phi) is 6.11. The Hall–Kier alpha value is -0.430. The summed E-state index contributed by atoms with van der Waals surface area (Å²) in [7, 11) is -3.37. The van der Waals surface area contributed by atoms with Crippen LogP contribution in [0.4, 0.5) is 0 Å². The van der Waals surface area contributed by atoms with Crippen LogP contribution in [0.1, 0.15) is 26.2 Å². The van der Waals surface area contributed by atoms with E-state index in [9.17, 15) is 8.42 Å². The zero-order valence-corrected chi connectivity index (χ0v) is 11.2. The molecular formula is C11H20O5S. The van der Waals surface area contributed by atoms with Crippen molar-refractivity contribution < 1.29 is 22.1 Å². The summed E-state index contributed by atoms with van der Waals surface area (Å²) in [5, 5.41) is 0. The SMILES string of the molecule is C/C(=C\COC1CCCCO1)COS(C)(=O)=O. The van der Waals surface area contributed by atoms with E-state index in [1.54, 1.807) is 6.92 Å². The van der Waals surface area contributed by atoms with Crippen molar-refractivity contribution in [2.24, 2.45) is 0 Å². The Balaban J connectivity index is 2.18. The van der Waals surface area contributed by atoms with Crippen molar-refractivity contribution >= 4 is 10.1 Å². The van der Waals surface area contributed by atoms with Crippen molar-refractivity contribution in [3.63, 3.8) is 0 Å². The van der Waals surface area contributed by atoms with Gasteiger partial charge < -0.3 is 9.47 Å². The maximum Gasteiger partial charge on any atom is 0.264 e. The molecule has 1 unspecified atom stereocenters. The molecule has 0 N–H and O–H groups in total. The van der Waals surface area contributed by atoms with Gasteiger partial charge in [0, 0.05) is 6.61 Å². The monoisotopic (exact) mass is 264 g/mol. The van der Waals surface area contributed by atoms with E-state index in [2.05, 4.69) is 4.18 Å². The van der Waals surface area contributed by atoms with E-state index in [1.165, 1.54) is 0 Å². The molecule has 0 spiro atoms. The van der Waals surface area contributed by atoms with E-state index in [1.807, 2.05) is 6.08 Å². The van der Waals surface area contributed by atoms with Gasteiger partial charge in [-0.25, -0.2) is 0 Å². The molecule has 5 nitrogen and oxygen atoms in total. The highest BCUT2D eigenvalue weighted by Gasteiger charge is 2.12. The molecule has 0 aromatic heterocycles. The van der Waals surface area contributed by atoms with E-state index < -0.39 is 10.1 Å². The summed E-state index contributed by atoms with van der Waals surface area (Å²) in [5.41, 5.74) is 0.825. The van der Waals surface area contributed by atoms with E-state index in [4.69, 9.17) is 9.47 Å². The molecule has 1 rings (SSSR count). The number of hydrogen-bond donors (Lipinski definition) is 0. The van der Waals surface area contributed by atoms with Gasteiger partial charge in [0.2, 0.25) is 0 Å². The second-order valence-electron chi connectivity index (χ2n) is 4.15. The molecule has 1 aliphatic heterocycles. The summed E-state index contributed by atoms with van der Waals surface area (Å²) in [4.78, 5) is 0. The van der Waals surface area contributed by atoms with Crippen LogP contribution >= 0.6 is 0 Å². The van der Waals surface area contributed by atoms with E-state index in [0.29, 0.717) is 6.61 Å².